The molecule has 0 spiro atoms. The first-order chi connectivity index (χ1) is 15.8. The molecule has 1 unspecified atom stereocenters. The number of carboxylic acid groups (broad SMARTS) is 1. The number of benzene rings is 1. The van der Waals surface area contributed by atoms with Crippen LogP contribution in [0.25, 0.3) is 11.1 Å². The molecule has 9 nitrogen and oxygen atoms in total. The summed E-state index contributed by atoms with van der Waals surface area (Å²) in [6.45, 7) is 7.49. The maximum atomic E-state index is 12.7. The predicted octanol–water partition coefficient (Wildman–Crippen LogP) is 3.21. The number of nitriles is 1. The fourth-order valence-corrected chi connectivity index (χ4v) is 4.99. The van der Waals surface area contributed by atoms with Crippen molar-refractivity contribution in [1.82, 2.24) is 19.9 Å². The molecule has 3 rings (SSSR count). The lowest BCUT2D eigenvalue weighted by Gasteiger charge is -2.35. The number of anilines is 1. The van der Waals surface area contributed by atoms with Gasteiger partial charge >= 0.3 is 6.09 Å². The molecule has 33 heavy (non-hydrogen) atoms. The number of nitrogens with one attached hydrogen (secondary N) is 3. The van der Waals surface area contributed by atoms with Crippen LogP contribution in [0.2, 0.25) is 0 Å². The molecule has 10 heteroatoms. The molecule has 1 aliphatic rings. The fraction of sp³-hybridized carbons (Fsp3) is 0.478. The minimum Gasteiger partial charge on any atom is -0.465 e. The summed E-state index contributed by atoms with van der Waals surface area (Å²) in [6, 6.07) is 8.85. The predicted molar refractivity (Wildman–Crippen MR) is 128 cm³/mol. The van der Waals surface area contributed by atoms with E-state index in [9.17, 15) is 14.7 Å². The van der Waals surface area contributed by atoms with Crippen LogP contribution in [0.5, 0.6) is 0 Å². The van der Waals surface area contributed by atoms with E-state index in [0.717, 1.165) is 27.4 Å². The van der Waals surface area contributed by atoms with Crippen LogP contribution in [0.4, 0.5) is 9.80 Å². The molecule has 2 aromatic rings. The number of aromatic nitrogens is 1. The molecule has 0 bridgehead atoms. The van der Waals surface area contributed by atoms with Gasteiger partial charge in [0.2, 0.25) is 5.91 Å². The molecule has 1 aromatic carbocycles. The minimum atomic E-state index is -0.944. The van der Waals surface area contributed by atoms with Crippen LogP contribution in [0.15, 0.2) is 24.3 Å². The highest BCUT2D eigenvalue weighted by molar-refractivity contribution is 7.11. The number of carbonyl (C=O) groups is 2. The van der Waals surface area contributed by atoms with Crippen LogP contribution in [-0.2, 0) is 4.79 Å². The first kappa shape index (κ1) is 24.5. The summed E-state index contributed by atoms with van der Waals surface area (Å²) < 4.78 is 4.54. The highest BCUT2D eigenvalue weighted by Crippen LogP contribution is 2.40. The van der Waals surface area contributed by atoms with Crippen molar-refractivity contribution < 1.29 is 14.7 Å². The highest BCUT2D eigenvalue weighted by Gasteiger charge is 2.31. The van der Waals surface area contributed by atoms with E-state index < -0.39 is 12.1 Å². The molecule has 1 saturated heterocycles. The van der Waals surface area contributed by atoms with E-state index in [1.54, 1.807) is 0 Å². The van der Waals surface area contributed by atoms with Crippen molar-refractivity contribution in [1.29, 1.82) is 5.26 Å². The Labute approximate surface area is 198 Å². The van der Waals surface area contributed by atoms with Crippen molar-refractivity contribution in [2.45, 2.75) is 39.3 Å². The monoisotopic (exact) mass is 470 g/mol. The molecule has 2 heterocycles. The maximum absolute atomic E-state index is 12.7. The molecule has 4 N–H and O–H groups in total. The lowest BCUT2D eigenvalue weighted by Crippen LogP contribution is -2.48. The molecule has 176 valence electrons. The van der Waals surface area contributed by atoms with Gasteiger partial charge in [-0.1, -0.05) is 38.1 Å². The second kappa shape index (κ2) is 11.1. The molecule has 0 radical (unpaired) electrons. The quantitative estimate of drug-likeness (QED) is 0.436. The topological polar surface area (TPSA) is 130 Å². The third kappa shape index (κ3) is 5.80. The largest absolute Gasteiger partial charge is 0.465 e. The van der Waals surface area contributed by atoms with Gasteiger partial charge in [0, 0.05) is 25.2 Å². The van der Waals surface area contributed by atoms with Crippen LogP contribution in [0, 0.1) is 24.2 Å². The molecule has 0 saturated carbocycles. The number of amides is 2. The SMILES string of the molecule is Cc1nsc(N[C@@H](CC(C)C)C(=O)NCC#N)c1-c1ccccc1C1CNCCN1C(=O)O. The number of carbonyl (C=O) groups excluding carboxylic acids is 1. The Kier molecular flexibility index (Phi) is 8.25. The smallest absolute Gasteiger partial charge is 0.407 e. The van der Waals surface area contributed by atoms with E-state index in [-0.39, 0.29) is 24.4 Å². The molecule has 1 fully saturated rings. The Morgan fingerprint density at radius 2 is 2.15 bits per heavy atom. The third-order valence-electron chi connectivity index (χ3n) is 5.61. The van der Waals surface area contributed by atoms with E-state index in [4.69, 9.17) is 5.26 Å². The summed E-state index contributed by atoms with van der Waals surface area (Å²) in [6.07, 6.45) is -0.352. The van der Waals surface area contributed by atoms with Crippen LogP contribution in [0.1, 0.15) is 37.6 Å². The van der Waals surface area contributed by atoms with Gasteiger partial charge in [-0.15, -0.1) is 0 Å². The van der Waals surface area contributed by atoms with Gasteiger partial charge < -0.3 is 21.1 Å². The van der Waals surface area contributed by atoms with Crippen LogP contribution >= 0.6 is 11.5 Å². The van der Waals surface area contributed by atoms with Gasteiger partial charge in [-0.2, -0.15) is 9.64 Å². The minimum absolute atomic E-state index is 0.0494. The number of rotatable bonds is 8. The van der Waals surface area contributed by atoms with Crippen molar-refractivity contribution in [3.05, 3.63) is 35.5 Å². The van der Waals surface area contributed by atoms with Crippen molar-refractivity contribution >= 4 is 28.5 Å². The van der Waals surface area contributed by atoms with Crippen molar-refractivity contribution in [3.63, 3.8) is 0 Å². The van der Waals surface area contributed by atoms with Gasteiger partial charge in [0.05, 0.1) is 17.8 Å². The van der Waals surface area contributed by atoms with Gasteiger partial charge in [-0.25, -0.2) is 4.79 Å². The summed E-state index contributed by atoms with van der Waals surface area (Å²) in [5, 5.41) is 28.6. The second-order valence-electron chi connectivity index (χ2n) is 8.46. The summed E-state index contributed by atoms with van der Waals surface area (Å²) in [5.41, 5.74) is 3.47. The molecular formula is C23H30N6O3S. The average Bonchev–Trinajstić information content (AvgIpc) is 3.16. The Morgan fingerprint density at radius 3 is 2.85 bits per heavy atom. The number of piperazine rings is 1. The Morgan fingerprint density at radius 1 is 1.39 bits per heavy atom. The fourth-order valence-electron chi connectivity index (χ4n) is 4.12. The van der Waals surface area contributed by atoms with E-state index >= 15 is 0 Å². The van der Waals surface area contributed by atoms with Gasteiger partial charge in [0.25, 0.3) is 0 Å². The molecule has 1 aromatic heterocycles. The number of aryl methyl sites for hydroxylation is 1. The zero-order valence-electron chi connectivity index (χ0n) is 19.1. The maximum Gasteiger partial charge on any atom is 0.407 e. The zero-order chi connectivity index (χ0) is 24.0. The molecule has 1 aliphatic heterocycles. The van der Waals surface area contributed by atoms with Gasteiger partial charge in [-0.3, -0.25) is 9.69 Å². The van der Waals surface area contributed by atoms with E-state index in [1.807, 2.05) is 51.1 Å². The molecule has 0 aliphatic carbocycles. The summed E-state index contributed by atoms with van der Waals surface area (Å²) >= 11 is 1.28. The van der Waals surface area contributed by atoms with E-state index in [0.29, 0.717) is 26.1 Å². The number of hydrogen-bond acceptors (Lipinski definition) is 7. The molecule has 2 atom stereocenters. The zero-order valence-corrected chi connectivity index (χ0v) is 19.9. The van der Waals surface area contributed by atoms with Crippen molar-refractivity contribution in [3.8, 4) is 17.2 Å². The number of hydrogen-bond donors (Lipinski definition) is 4. The third-order valence-corrected chi connectivity index (χ3v) is 6.48. The molecule has 2 amide bonds. The lowest BCUT2D eigenvalue weighted by molar-refractivity contribution is -0.121. The summed E-state index contributed by atoms with van der Waals surface area (Å²) in [7, 11) is 0. The normalized spacial score (nSPS) is 16.8. The van der Waals surface area contributed by atoms with Crippen LogP contribution in [0.3, 0.4) is 0 Å². The van der Waals surface area contributed by atoms with Crippen molar-refractivity contribution in [2.24, 2.45) is 5.92 Å². The Balaban J connectivity index is 1.99. The lowest BCUT2D eigenvalue weighted by atomic mass is 9.93. The van der Waals surface area contributed by atoms with E-state index in [2.05, 4.69) is 20.3 Å². The van der Waals surface area contributed by atoms with Gasteiger partial charge in [0.1, 0.15) is 17.6 Å². The standard InChI is InChI=1S/C23H30N6O3S/c1-14(2)12-18(21(30)26-9-8-24)27-22-20(15(3)28-33-22)17-7-5-4-6-16(17)19-13-25-10-11-29(19)23(31)32/h4-7,14,18-19,25,27H,9-13H2,1-3H3,(H,26,30)(H,31,32)/t18-,19?/m0/s1. The van der Waals surface area contributed by atoms with Crippen molar-refractivity contribution in [2.75, 3.05) is 31.5 Å². The first-order valence-corrected chi connectivity index (χ1v) is 11.8. The first-order valence-electron chi connectivity index (χ1n) is 11.0. The van der Waals surface area contributed by atoms with Gasteiger partial charge in [-0.05, 0) is 41.9 Å². The Bertz CT molecular complexity index is 1030. The number of nitrogens with zero attached hydrogens (tertiary/aromatic N) is 3. The van der Waals surface area contributed by atoms with E-state index in [1.165, 1.54) is 16.4 Å². The summed E-state index contributed by atoms with van der Waals surface area (Å²) in [4.78, 5) is 26.1. The van der Waals surface area contributed by atoms with Crippen LogP contribution in [-0.4, -0.2) is 58.6 Å². The Hall–Kier alpha value is -3.16. The second-order valence-corrected chi connectivity index (χ2v) is 9.23. The van der Waals surface area contributed by atoms with Crippen LogP contribution < -0.4 is 16.0 Å². The molecular weight excluding hydrogens is 440 g/mol. The average molecular weight is 471 g/mol. The highest BCUT2D eigenvalue weighted by atomic mass is 32.1. The summed E-state index contributed by atoms with van der Waals surface area (Å²) in [5.74, 6) is 0.0293. The van der Waals surface area contributed by atoms with Gasteiger partial charge in [0.15, 0.2) is 0 Å².